The van der Waals surface area contributed by atoms with Crippen LogP contribution in [0.5, 0.6) is 0 Å². The average Bonchev–Trinajstić information content (AvgIpc) is 3.22. The molecule has 0 fully saturated rings. The molecule has 28 heavy (non-hydrogen) atoms. The standard InChI is InChI=1S/C18H14ClN3O5S/c19-13-6-8-14(9-7-13)22-28(25,26)15-4-1-3-12(11-15)17(23)20-21-18(24)16-5-2-10-27-16/h1-11,22H,(H,20,23)(H,21,24). The minimum Gasteiger partial charge on any atom is -0.459 e. The van der Waals surface area contributed by atoms with Gasteiger partial charge < -0.3 is 4.42 Å². The predicted molar refractivity (Wildman–Crippen MR) is 102 cm³/mol. The first-order chi connectivity index (χ1) is 13.3. The van der Waals surface area contributed by atoms with Crippen molar-refractivity contribution in [2.75, 3.05) is 4.72 Å². The molecule has 0 atom stereocenters. The Balaban J connectivity index is 1.71. The largest absolute Gasteiger partial charge is 0.459 e. The quantitative estimate of drug-likeness (QED) is 0.549. The van der Waals surface area contributed by atoms with Gasteiger partial charge in [-0.15, -0.1) is 0 Å². The van der Waals surface area contributed by atoms with Crippen LogP contribution in [0.2, 0.25) is 5.02 Å². The van der Waals surface area contributed by atoms with Gasteiger partial charge >= 0.3 is 5.91 Å². The first kappa shape index (κ1) is 19.5. The molecule has 0 spiro atoms. The average molecular weight is 420 g/mol. The molecular formula is C18H14ClN3O5S. The van der Waals surface area contributed by atoms with E-state index in [-0.39, 0.29) is 16.2 Å². The number of hydrogen-bond donors (Lipinski definition) is 3. The molecular weight excluding hydrogens is 406 g/mol. The van der Waals surface area contributed by atoms with Crippen molar-refractivity contribution in [3.63, 3.8) is 0 Å². The Morgan fingerprint density at radius 3 is 2.29 bits per heavy atom. The van der Waals surface area contributed by atoms with Crippen molar-refractivity contribution in [1.82, 2.24) is 10.9 Å². The van der Waals surface area contributed by atoms with E-state index in [2.05, 4.69) is 15.6 Å². The molecule has 0 saturated carbocycles. The minimum atomic E-state index is -3.92. The lowest BCUT2D eigenvalue weighted by Crippen LogP contribution is -2.41. The van der Waals surface area contributed by atoms with Crippen molar-refractivity contribution in [1.29, 1.82) is 0 Å². The Bertz CT molecular complexity index is 1100. The van der Waals surface area contributed by atoms with E-state index in [0.717, 1.165) is 0 Å². The summed E-state index contributed by atoms with van der Waals surface area (Å²) in [6.45, 7) is 0. The van der Waals surface area contributed by atoms with Crippen molar-refractivity contribution in [3.8, 4) is 0 Å². The smallest absolute Gasteiger partial charge is 0.305 e. The SMILES string of the molecule is O=C(NNC(=O)c1ccco1)c1cccc(S(=O)(=O)Nc2ccc(Cl)cc2)c1. The van der Waals surface area contributed by atoms with E-state index >= 15 is 0 Å². The van der Waals surface area contributed by atoms with Crippen LogP contribution in [0.4, 0.5) is 5.69 Å². The normalized spacial score (nSPS) is 10.9. The van der Waals surface area contributed by atoms with Crippen molar-refractivity contribution in [2.45, 2.75) is 4.90 Å². The van der Waals surface area contributed by atoms with E-state index in [1.54, 1.807) is 12.1 Å². The van der Waals surface area contributed by atoms with Gasteiger partial charge in [0.1, 0.15) is 0 Å². The second-order valence-corrected chi connectivity index (χ2v) is 7.64. The lowest BCUT2D eigenvalue weighted by atomic mass is 10.2. The minimum absolute atomic E-state index is 0.0174. The fraction of sp³-hybridized carbons (Fsp3) is 0. The van der Waals surface area contributed by atoms with Gasteiger partial charge in [0, 0.05) is 16.3 Å². The van der Waals surface area contributed by atoms with Crippen molar-refractivity contribution in [3.05, 3.63) is 83.3 Å². The molecule has 10 heteroatoms. The van der Waals surface area contributed by atoms with Crippen LogP contribution in [0.25, 0.3) is 0 Å². The van der Waals surface area contributed by atoms with Gasteiger partial charge in [0.25, 0.3) is 15.9 Å². The summed E-state index contributed by atoms with van der Waals surface area (Å²) in [6, 6.07) is 14.4. The van der Waals surface area contributed by atoms with Crippen molar-refractivity contribution >= 4 is 39.1 Å². The zero-order valence-electron chi connectivity index (χ0n) is 14.2. The summed E-state index contributed by atoms with van der Waals surface area (Å²) in [5, 5.41) is 0.471. The second-order valence-electron chi connectivity index (χ2n) is 5.53. The molecule has 0 aliphatic carbocycles. The summed E-state index contributed by atoms with van der Waals surface area (Å²) in [5.74, 6) is -1.32. The maximum Gasteiger partial charge on any atom is 0.305 e. The molecule has 0 radical (unpaired) electrons. The number of carbonyl (C=O) groups excluding carboxylic acids is 2. The molecule has 144 valence electrons. The summed E-state index contributed by atoms with van der Waals surface area (Å²) in [4.78, 5) is 23.8. The number of sulfonamides is 1. The van der Waals surface area contributed by atoms with Crippen LogP contribution in [0.1, 0.15) is 20.9 Å². The molecule has 0 saturated heterocycles. The number of furan rings is 1. The van der Waals surface area contributed by atoms with Crippen LogP contribution in [0.3, 0.4) is 0 Å². The fourth-order valence-corrected chi connectivity index (χ4v) is 3.42. The number of amides is 2. The number of hydrazine groups is 1. The number of halogens is 1. The summed E-state index contributed by atoms with van der Waals surface area (Å²) in [5.41, 5.74) is 4.73. The molecule has 3 rings (SSSR count). The van der Waals surface area contributed by atoms with E-state index in [9.17, 15) is 18.0 Å². The highest BCUT2D eigenvalue weighted by molar-refractivity contribution is 7.92. The molecule has 1 heterocycles. The number of rotatable bonds is 5. The number of carbonyl (C=O) groups is 2. The molecule has 3 N–H and O–H groups in total. The molecule has 1 aromatic heterocycles. The van der Waals surface area contributed by atoms with Gasteiger partial charge in [0.2, 0.25) is 0 Å². The van der Waals surface area contributed by atoms with Crippen LogP contribution in [-0.2, 0) is 10.0 Å². The Hall–Kier alpha value is -3.30. The van der Waals surface area contributed by atoms with E-state index in [1.807, 2.05) is 0 Å². The molecule has 0 bridgehead atoms. The first-order valence-corrected chi connectivity index (χ1v) is 9.74. The Kier molecular flexibility index (Phi) is 5.67. The van der Waals surface area contributed by atoms with Gasteiger partial charge in [-0.3, -0.25) is 25.2 Å². The van der Waals surface area contributed by atoms with E-state index < -0.39 is 21.8 Å². The molecule has 0 aliphatic heterocycles. The van der Waals surface area contributed by atoms with Crippen LogP contribution >= 0.6 is 11.6 Å². The third-order valence-corrected chi connectivity index (χ3v) is 5.17. The Morgan fingerprint density at radius 1 is 0.893 bits per heavy atom. The molecule has 2 amide bonds. The zero-order chi connectivity index (χ0) is 20.1. The summed E-state index contributed by atoms with van der Waals surface area (Å²) in [6.07, 6.45) is 1.32. The highest BCUT2D eigenvalue weighted by Crippen LogP contribution is 2.19. The van der Waals surface area contributed by atoms with E-state index in [1.165, 1.54) is 54.8 Å². The van der Waals surface area contributed by atoms with Gasteiger partial charge in [0.05, 0.1) is 11.2 Å². The summed E-state index contributed by atoms with van der Waals surface area (Å²) < 4.78 is 32.3. The molecule has 0 unspecified atom stereocenters. The number of nitrogens with one attached hydrogen (secondary N) is 3. The zero-order valence-corrected chi connectivity index (χ0v) is 15.8. The van der Waals surface area contributed by atoms with E-state index in [0.29, 0.717) is 10.7 Å². The van der Waals surface area contributed by atoms with Crippen molar-refractivity contribution < 1.29 is 22.4 Å². The second kappa shape index (κ2) is 8.15. The van der Waals surface area contributed by atoms with E-state index in [4.69, 9.17) is 16.0 Å². The van der Waals surface area contributed by atoms with Gasteiger partial charge in [0.15, 0.2) is 5.76 Å². The fourth-order valence-electron chi connectivity index (χ4n) is 2.19. The van der Waals surface area contributed by atoms with Gasteiger partial charge in [-0.25, -0.2) is 8.42 Å². The van der Waals surface area contributed by atoms with Crippen LogP contribution < -0.4 is 15.6 Å². The maximum absolute atomic E-state index is 12.5. The topological polar surface area (TPSA) is 118 Å². The third-order valence-electron chi connectivity index (χ3n) is 3.54. The Morgan fingerprint density at radius 2 is 1.61 bits per heavy atom. The molecule has 3 aromatic rings. The predicted octanol–water partition coefficient (Wildman–Crippen LogP) is 2.81. The van der Waals surface area contributed by atoms with Gasteiger partial charge in [-0.05, 0) is 54.6 Å². The summed E-state index contributed by atoms with van der Waals surface area (Å²) in [7, 11) is -3.92. The van der Waals surface area contributed by atoms with Crippen LogP contribution in [0.15, 0.2) is 76.2 Å². The summed E-state index contributed by atoms with van der Waals surface area (Å²) >= 11 is 5.78. The van der Waals surface area contributed by atoms with Crippen LogP contribution in [-0.4, -0.2) is 20.2 Å². The highest BCUT2D eigenvalue weighted by Gasteiger charge is 2.17. The monoisotopic (exact) mass is 419 g/mol. The first-order valence-electron chi connectivity index (χ1n) is 7.88. The maximum atomic E-state index is 12.5. The van der Waals surface area contributed by atoms with Crippen molar-refractivity contribution in [2.24, 2.45) is 0 Å². The van der Waals surface area contributed by atoms with Gasteiger partial charge in [-0.1, -0.05) is 17.7 Å². The third kappa shape index (κ3) is 4.70. The molecule has 2 aromatic carbocycles. The number of anilines is 1. The highest BCUT2D eigenvalue weighted by atomic mass is 35.5. The number of hydrogen-bond acceptors (Lipinski definition) is 5. The van der Waals surface area contributed by atoms with Gasteiger partial charge in [-0.2, -0.15) is 0 Å². The lowest BCUT2D eigenvalue weighted by molar-refractivity contribution is 0.0831. The Labute approximate surface area is 165 Å². The lowest BCUT2D eigenvalue weighted by Gasteiger charge is -2.10. The molecule has 8 nitrogen and oxygen atoms in total. The van der Waals surface area contributed by atoms with Crippen LogP contribution in [0, 0.1) is 0 Å². The molecule has 0 aliphatic rings. The number of benzene rings is 2.